The summed E-state index contributed by atoms with van der Waals surface area (Å²) in [4.78, 5) is 12.9. The summed E-state index contributed by atoms with van der Waals surface area (Å²) in [5.74, 6) is 0. The standard InChI is InChI=1S/C80H166N2O20Si11.2ClH/c1-25-29-31-33-35-37-39-41-43-45-47-49-51-55-63-74(5)81(7,8)69-61-71-107(84-11,92-103(19,20)77-65-57-53-58-66-77)99-112(88-15,89-16)101-109(86-13)76(27-3)73-80-79(28-4)110(87-14,94-105(23,83)95-111(80)97-106(24,96-109)98-111)102-113(90-17,91-18)100-108(85-12,93-104(21,22)78-67-59-54-60-68-78)72-62-70-82(9,10)75(6)64-56-52-50-48-46-44-42-40-38-36-34-32-30-26-2;;/h53-54,57-60,65-68,74-76,79-80,83H,25-52,55-56,61-64,69-73H2,1-24H3;2*1H/q+2;;/p-2/t74?,75?,76-,79+,80-,105?,106?,107?,108?,109?,110?,111?;;/m1../s1. The highest BCUT2D eigenvalue weighted by atomic mass is 35.5. The second kappa shape index (κ2) is 52.6. The van der Waals surface area contributed by atoms with E-state index < -0.39 is 113 Å². The van der Waals surface area contributed by atoms with Crippen molar-refractivity contribution >= 4 is 107 Å². The van der Waals surface area contributed by atoms with Gasteiger partial charge < -0.3 is 119 Å². The van der Waals surface area contributed by atoms with Gasteiger partial charge in [0.05, 0.1) is 53.4 Å². The lowest BCUT2D eigenvalue weighted by molar-refractivity contribution is -0.913. The second-order valence-corrected chi connectivity index (χ2v) is 69.7. The van der Waals surface area contributed by atoms with Crippen LogP contribution in [0.4, 0.5) is 0 Å². The van der Waals surface area contributed by atoms with E-state index in [2.05, 4.69) is 113 Å². The highest BCUT2D eigenvalue weighted by molar-refractivity contribution is 6.98. The van der Waals surface area contributed by atoms with Gasteiger partial charge in [-0.2, -0.15) is 0 Å². The fourth-order valence-corrected chi connectivity index (χ4v) is 67.2. The van der Waals surface area contributed by atoms with E-state index in [1.165, 1.54) is 208 Å². The predicted octanol–water partition coefficient (Wildman–Crippen LogP) is 13.1. The number of hydrogen-bond acceptors (Lipinski definition) is 20. The molecule has 2 aromatic carbocycles. The van der Waals surface area contributed by atoms with Crippen LogP contribution in [0.3, 0.4) is 0 Å². The zero-order valence-electron chi connectivity index (χ0n) is 76.6. The van der Waals surface area contributed by atoms with Crippen molar-refractivity contribution in [2.24, 2.45) is 0 Å². The highest BCUT2D eigenvalue weighted by Gasteiger charge is 2.82. The number of rotatable bonds is 64. The second-order valence-electron chi connectivity index (χ2n) is 35.1. The molecule has 4 aliphatic heterocycles. The fraction of sp³-hybridized carbons (Fsp3) is 0.850. The summed E-state index contributed by atoms with van der Waals surface area (Å²) < 4.78 is 136. The molecule has 2 bridgehead atoms. The highest BCUT2D eigenvalue weighted by Crippen LogP contribution is 2.62. The van der Waals surface area contributed by atoms with Gasteiger partial charge in [0, 0.05) is 112 Å². The van der Waals surface area contributed by atoms with Crippen molar-refractivity contribution in [3.8, 4) is 0 Å². The van der Waals surface area contributed by atoms with Crippen LogP contribution in [0.25, 0.3) is 0 Å². The monoisotopic (exact) mass is 1850 g/mol. The van der Waals surface area contributed by atoms with Crippen LogP contribution in [-0.4, -0.2) is 220 Å². The van der Waals surface area contributed by atoms with Crippen LogP contribution in [0, 0.1) is 0 Å². The smallest absolute Gasteiger partial charge is 0.664 e. The largest absolute Gasteiger partial charge is 1.00 e. The van der Waals surface area contributed by atoms with E-state index in [0.29, 0.717) is 43.4 Å². The van der Waals surface area contributed by atoms with E-state index in [1.54, 1.807) is 35.0 Å². The van der Waals surface area contributed by atoms with Gasteiger partial charge in [-0.3, -0.25) is 0 Å². The molecule has 674 valence electrons. The van der Waals surface area contributed by atoms with Crippen molar-refractivity contribution in [3.05, 3.63) is 60.7 Å². The Bertz CT molecular complexity index is 2900. The Labute approximate surface area is 725 Å². The molecular formula is C80H166Cl2N2O20Si11. The van der Waals surface area contributed by atoms with Crippen molar-refractivity contribution < 1.29 is 119 Å². The van der Waals surface area contributed by atoms with Gasteiger partial charge in [-0.15, -0.1) is 0 Å². The summed E-state index contributed by atoms with van der Waals surface area (Å²) in [6.45, 7) is 27.2. The number of hydrogen-bond donors (Lipinski definition) is 1. The topological polar surface area (TPSA) is 196 Å². The van der Waals surface area contributed by atoms with Gasteiger partial charge in [-0.1, -0.05) is 255 Å². The summed E-state index contributed by atoms with van der Waals surface area (Å²) in [6.07, 6.45) is 42.4. The maximum Gasteiger partial charge on any atom is 0.664 e. The van der Waals surface area contributed by atoms with E-state index in [-0.39, 0.29) is 31.2 Å². The molecule has 35 heteroatoms. The summed E-state index contributed by atoms with van der Waals surface area (Å²) in [7, 11) is -21.9. The molecule has 4 saturated heterocycles. The van der Waals surface area contributed by atoms with E-state index in [9.17, 15) is 4.80 Å². The van der Waals surface area contributed by atoms with Gasteiger partial charge in [0.2, 0.25) is 16.6 Å². The first-order valence-corrected chi connectivity index (χ1v) is 67.1. The Morgan fingerprint density at radius 2 is 0.748 bits per heavy atom. The third kappa shape index (κ3) is 33.3. The third-order valence-corrected chi connectivity index (χ3v) is 68.3. The summed E-state index contributed by atoms with van der Waals surface area (Å²) in [6, 6.07) is 22.3. The molecule has 7 unspecified atom stereocenters. The van der Waals surface area contributed by atoms with Gasteiger partial charge in [-0.05, 0) is 95.4 Å². The lowest BCUT2D eigenvalue weighted by atomic mass is 10.0. The quantitative estimate of drug-likeness (QED) is 0.0373. The normalized spacial score (nSPS) is 24.6. The van der Waals surface area contributed by atoms with Crippen molar-refractivity contribution in [1.82, 2.24) is 0 Å². The van der Waals surface area contributed by atoms with E-state index in [0.717, 1.165) is 51.7 Å². The van der Waals surface area contributed by atoms with Crippen LogP contribution in [-0.2, 0) is 80.7 Å². The van der Waals surface area contributed by atoms with Gasteiger partial charge in [0.1, 0.15) is 0 Å². The fourth-order valence-electron chi connectivity index (χ4n) is 17.0. The summed E-state index contributed by atoms with van der Waals surface area (Å²) in [5.41, 5.74) is -1.90. The molecule has 0 aromatic heterocycles. The van der Waals surface area contributed by atoms with E-state index in [1.807, 2.05) is 49.9 Å². The number of halogens is 2. The Balaban J connectivity index is 0.0000171. The molecule has 4 fully saturated rings. The zero-order valence-corrected chi connectivity index (χ0v) is 89.1. The zero-order chi connectivity index (χ0) is 83.6. The average molecular weight is 1860 g/mol. The molecule has 0 amide bonds. The van der Waals surface area contributed by atoms with Crippen LogP contribution in [0.15, 0.2) is 60.7 Å². The Hall–Kier alpha value is 0.526. The van der Waals surface area contributed by atoms with E-state index in [4.69, 9.17) is 80.7 Å². The molecular weight excluding hydrogens is 1690 g/mol. The van der Waals surface area contributed by atoms with Crippen molar-refractivity contribution in [1.29, 1.82) is 0 Å². The SMILES string of the molecule is CCCCCCCCCCCCCCCCC(C)[N+](C)(C)CCC[Si](OC)(O[Si](OC)(OC)O[Si]1(OC)O[Si]2(C)O[Si]3(O[Si](C)(O)O[Si](OC)(O[Si](OC)(OC)O[Si](CCC[N+](C)(C)C(C)CCCCCCCCCCCCCCCC)(OC)O[Si](C)(C)c4ccccc4)[C@@H](CC)[C@H]3C[C@H]1CC)O2)O[Si](C)(C)c1ccccc1.[Cl-].[Cl-]. The minimum absolute atomic E-state index is 0. The Morgan fingerprint density at radius 3 is 1.05 bits per heavy atom. The van der Waals surface area contributed by atoms with E-state index >= 15 is 0 Å². The van der Waals surface area contributed by atoms with Gasteiger partial charge in [0.25, 0.3) is 0 Å². The third-order valence-electron chi connectivity index (χ3n) is 24.8. The predicted molar refractivity (Wildman–Crippen MR) is 479 cm³/mol. The molecule has 115 heavy (non-hydrogen) atoms. The molecule has 1 spiro atoms. The molecule has 0 radical (unpaired) electrons. The summed E-state index contributed by atoms with van der Waals surface area (Å²) >= 11 is 0. The first kappa shape index (κ1) is 110. The molecule has 4 aliphatic rings. The van der Waals surface area contributed by atoms with Crippen molar-refractivity contribution in [2.45, 2.75) is 346 Å². The van der Waals surface area contributed by atoms with Crippen LogP contribution >= 0.6 is 0 Å². The first-order chi connectivity index (χ1) is 53.6. The number of quaternary nitrogens is 2. The maximum absolute atomic E-state index is 12.9. The Kier molecular flexibility index (Phi) is 50.2. The number of nitrogens with zero attached hydrogens (tertiary/aromatic N) is 2. The van der Waals surface area contributed by atoms with Crippen LogP contribution in [0.5, 0.6) is 0 Å². The lowest BCUT2D eigenvalue weighted by Gasteiger charge is -2.58. The number of unbranched alkanes of at least 4 members (excludes halogenated alkanes) is 26. The molecule has 6 rings (SSSR count). The molecule has 1 N–H and O–H groups in total. The van der Waals surface area contributed by atoms with Gasteiger partial charge >= 0.3 is 79.7 Å². The molecule has 0 saturated carbocycles. The van der Waals surface area contributed by atoms with Crippen molar-refractivity contribution in [3.63, 3.8) is 0 Å². The number of benzene rings is 2. The first-order valence-electron chi connectivity index (χ1n) is 44.2. The summed E-state index contributed by atoms with van der Waals surface area (Å²) in [5, 5.41) is 2.15. The maximum atomic E-state index is 12.9. The molecule has 4 heterocycles. The Morgan fingerprint density at radius 1 is 0.417 bits per heavy atom. The lowest BCUT2D eigenvalue weighted by Crippen LogP contribution is -3.00. The molecule has 2 aromatic rings. The minimum atomic E-state index is -4.60. The minimum Gasteiger partial charge on any atom is -1.00 e. The van der Waals surface area contributed by atoms with Gasteiger partial charge in [0.15, 0.2) is 0 Å². The van der Waals surface area contributed by atoms with Crippen LogP contribution in [0.2, 0.25) is 68.0 Å². The van der Waals surface area contributed by atoms with Gasteiger partial charge in [-0.25, -0.2) is 0 Å². The average Bonchev–Trinajstić information content (AvgIpc) is 1.63. The number of fused-ring (bicyclic) bond motifs is 3. The van der Waals surface area contributed by atoms with Crippen LogP contribution < -0.4 is 35.2 Å². The molecule has 10 atom stereocenters. The van der Waals surface area contributed by atoms with Crippen molar-refractivity contribution in [2.75, 3.05) is 98.2 Å². The molecule has 22 nitrogen and oxygen atoms in total. The molecule has 0 aliphatic carbocycles. The van der Waals surface area contributed by atoms with Crippen LogP contribution in [0.1, 0.15) is 266 Å².